The number of halogens is 3. The van der Waals surface area contributed by atoms with Gasteiger partial charge in [-0.3, -0.25) is 6.08 Å². The van der Waals surface area contributed by atoms with Gasteiger partial charge in [0.2, 0.25) is 0 Å². The van der Waals surface area contributed by atoms with Crippen molar-refractivity contribution in [3.8, 4) is 0 Å². The van der Waals surface area contributed by atoms with E-state index in [9.17, 15) is 0 Å². The monoisotopic (exact) mass is 445 g/mol. The summed E-state index contributed by atoms with van der Waals surface area (Å²) >= 11 is 0. The van der Waals surface area contributed by atoms with Gasteiger partial charge in [0.25, 0.3) is 0 Å². The van der Waals surface area contributed by atoms with Crippen LogP contribution in [0.4, 0.5) is 0 Å². The zero-order valence-corrected chi connectivity index (χ0v) is 21.5. The van der Waals surface area contributed by atoms with Crippen LogP contribution in [0, 0.1) is 35.7 Å². The minimum atomic E-state index is 0. The average Bonchev–Trinajstić information content (AvgIpc) is 2.55. The maximum Gasteiger partial charge on any atom is 0 e. The first-order valence-corrected chi connectivity index (χ1v) is 9.05. The maximum absolute atomic E-state index is 3.91. The molecule has 25 heavy (non-hydrogen) atoms. The van der Waals surface area contributed by atoms with Crippen molar-refractivity contribution in [2.24, 2.45) is 29.6 Å². The molecule has 0 bridgehead atoms. The maximum atomic E-state index is 3.91. The molecule has 0 saturated heterocycles. The van der Waals surface area contributed by atoms with Crippen molar-refractivity contribution < 1.29 is 21.7 Å². The number of rotatable bonds is 8. The van der Waals surface area contributed by atoms with Crippen molar-refractivity contribution >= 4 is 37.2 Å². The number of allylic oxidation sites excluding steroid dienone is 4. The largest absolute Gasteiger partial charge is 0.266 e. The summed E-state index contributed by atoms with van der Waals surface area (Å²) in [5, 5.41) is 0. The number of hydrogen-bond acceptors (Lipinski definition) is 0. The summed E-state index contributed by atoms with van der Waals surface area (Å²) in [5.74, 6) is 3.56. The van der Waals surface area contributed by atoms with Crippen LogP contribution in [0.25, 0.3) is 0 Å². The summed E-state index contributed by atoms with van der Waals surface area (Å²) in [6.45, 7) is 18.8. The van der Waals surface area contributed by atoms with Gasteiger partial charge in [-0.2, -0.15) is 11.1 Å². The first kappa shape index (κ1) is 33.6. The third-order valence-electron chi connectivity index (χ3n) is 4.08. The molecule has 150 valence electrons. The fourth-order valence-electron chi connectivity index (χ4n) is 3.42. The quantitative estimate of drug-likeness (QED) is 0.261. The molecule has 0 nitrogen and oxygen atoms in total. The topological polar surface area (TPSA) is 0 Å². The third-order valence-corrected chi connectivity index (χ3v) is 4.08. The predicted molar refractivity (Wildman–Crippen MR) is 117 cm³/mol. The SMILES string of the molecule is CC(C)CC1=[C-]C(CC(C)C)C(CC(C)C)=C1CC(C)C.Cl.Cl.Cl.[Ti]. The van der Waals surface area contributed by atoms with Crippen LogP contribution in [0.5, 0.6) is 0 Å². The van der Waals surface area contributed by atoms with Crippen molar-refractivity contribution in [3.05, 3.63) is 22.8 Å². The Labute approximate surface area is 191 Å². The Bertz CT molecular complexity index is 396. The Morgan fingerprint density at radius 2 is 1.12 bits per heavy atom. The predicted octanol–water partition coefficient (Wildman–Crippen LogP) is 8.09. The standard InChI is InChI=1S/C21H37.3ClH.Ti/c1-14(2)9-18-13-19(10-15(3)4)21(12-17(7)8)20(18)11-16(5)6;;;;/h14-18H,9-12H2,1-8H3;3*1H;/q-1;;;;. The molecule has 1 aliphatic rings. The van der Waals surface area contributed by atoms with Crippen LogP contribution in [-0.2, 0) is 21.7 Å². The second-order valence-electron chi connectivity index (χ2n) is 8.60. The molecule has 0 heterocycles. The Morgan fingerprint density at radius 3 is 1.48 bits per heavy atom. The van der Waals surface area contributed by atoms with E-state index in [0.29, 0.717) is 5.92 Å². The third kappa shape index (κ3) is 12.2. The van der Waals surface area contributed by atoms with Crippen LogP contribution < -0.4 is 0 Å². The van der Waals surface area contributed by atoms with Crippen molar-refractivity contribution in [3.63, 3.8) is 0 Å². The Kier molecular flexibility index (Phi) is 21.6. The molecule has 0 aromatic carbocycles. The van der Waals surface area contributed by atoms with Gasteiger partial charge >= 0.3 is 0 Å². The Hall–Kier alpha value is 1.06. The molecule has 1 rings (SSSR count). The van der Waals surface area contributed by atoms with Crippen LogP contribution in [0.3, 0.4) is 0 Å². The van der Waals surface area contributed by atoms with E-state index in [0.717, 1.165) is 23.7 Å². The second kappa shape index (κ2) is 16.1. The summed E-state index contributed by atoms with van der Waals surface area (Å²) in [5.41, 5.74) is 4.96. The van der Waals surface area contributed by atoms with Crippen molar-refractivity contribution in [1.29, 1.82) is 0 Å². The van der Waals surface area contributed by atoms with Crippen molar-refractivity contribution in [2.75, 3.05) is 0 Å². The Balaban J connectivity index is -0.000000551. The first-order valence-electron chi connectivity index (χ1n) is 9.05. The van der Waals surface area contributed by atoms with Crippen LogP contribution in [0.2, 0.25) is 0 Å². The van der Waals surface area contributed by atoms with Crippen LogP contribution in [0.1, 0.15) is 81.1 Å². The number of hydrogen-bond donors (Lipinski definition) is 0. The molecule has 0 saturated carbocycles. The summed E-state index contributed by atoms with van der Waals surface area (Å²) in [6, 6.07) is 0. The van der Waals surface area contributed by atoms with Gasteiger partial charge in [0.15, 0.2) is 0 Å². The van der Waals surface area contributed by atoms with Gasteiger partial charge in [0.05, 0.1) is 0 Å². The van der Waals surface area contributed by atoms with Crippen LogP contribution in [-0.4, -0.2) is 0 Å². The fraction of sp³-hybridized carbons (Fsp3) is 0.810. The minimum absolute atomic E-state index is 0. The molecule has 0 N–H and O–H groups in total. The molecular formula is C21H40Cl3Ti-. The molecule has 0 radical (unpaired) electrons. The van der Waals surface area contributed by atoms with Gasteiger partial charge in [-0.05, 0) is 24.2 Å². The molecule has 0 spiro atoms. The van der Waals surface area contributed by atoms with E-state index < -0.39 is 0 Å². The molecule has 0 aromatic rings. The van der Waals surface area contributed by atoms with E-state index >= 15 is 0 Å². The normalized spacial score (nSPS) is 16.5. The van der Waals surface area contributed by atoms with Gasteiger partial charge < -0.3 is 0 Å². The molecule has 1 atom stereocenters. The first-order chi connectivity index (χ1) is 9.70. The zero-order chi connectivity index (χ0) is 16.2. The molecule has 0 amide bonds. The molecule has 0 aliphatic heterocycles. The zero-order valence-electron chi connectivity index (χ0n) is 17.4. The van der Waals surface area contributed by atoms with Gasteiger partial charge in [-0.15, -0.1) is 37.2 Å². The second-order valence-corrected chi connectivity index (χ2v) is 8.60. The van der Waals surface area contributed by atoms with Gasteiger partial charge in [-0.25, -0.2) is 5.57 Å². The van der Waals surface area contributed by atoms with E-state index in [-0.39, 0.29) is 58.9 Å². The molecule has 1 aliphatic carbocycles. The van der Waals surface area contributed by atoms with E-state index in [2.05, 4.69) is 61.5 Å². The summed E-state index contributed by atoms with van der Waals surface area (Å²) in [4.78, 5) is 0. The summed E-state index contributed by atoms with van der Waals surface area (Å²) < 4.78 is 0. The van der Waals surface area contributed by atoms with E-state index in [1.807, 2.05) is 0 Å². The van der Waals surface area contributed by atoms with Gasteiger partial charge in [0, 0.05) is 21.7 Å². The van der Waals surface area contributed by atoms with E-state index in [1.54, 1.807) is 16.7 Å². The van der Waals surface area contributed by atoms with Crippen LogP contribution in [0.15, 0.2) is 16.7 Å². The molecule has 4 heteroatoms. The van der Waals surface area contributed by atoms with Crippen LogP contribution >= 0.6 is 37.2 Å². The van der Waals surface area contributed by atoms with E-state index in [1.165, 1.54) is 25.7 Å². The summed E-state index contributed by atoms with van der Waals surface area (Å²) in [7, 11) is 0. The molecule has 0 fully saturated rings. The van der Waals surface area contributed by atoms with Crippen molar-refractivity contribution in [2.45, 2.75) is 81.1 Å². The average molecular weight is 447 g/mol. The molecule has 0 aromatic heterocycles. The molecular weight excluding hydrogens is 406 g/mol. The van der Waals surface area contributed by atoms with Crippen molar-refractivity contribution in [1.82, 2.24) is 0 Å². The fourth-order valence-corrected chi connectivity index (χ4v) is 3.42. The van der Waals surface area contributed by atoms with E-state index in [4.69, 9.17) is 0 Å². The van der Waals surface area contributed by atoms with Gasteiger partial charge in [-0.1, -0.05) is 86.5 Å². The summed E-state index contributed by atoms with van der Waals surface area (Å²) in [6.07, 6.45) is 8.88. The smallest absolute Gasteiger partial charge is 0 e. The molecule has 1 unspecified atom stereocenters. The Morgan fingerprint density at radius 1 is 0.680 bits per heavy atom. The minimum Gasteiger partial charge on any atom is -0.266 e. The van der Waals surface area contributed by atoms with Gasteiger partial charge in [0.1, 0.15) is 0 Å².